The SMILES string of the molecule is Cc1nc(-c2ccc(NC(=O)N3CCCC(C(=O)O)C3)cc2)cs1. The molecule has 1 aromatic heterocycles. The van der Waals surface area contributed by atoms with Gasteiger partial charge in [0.2, 0.25) is 0 Å². The molecule has 2 N–H and O–H groups in total. The lowest BCUT2D eigenvalue weighted by atomic mass is 9.99. The first-order valence-electron chi connectivity index (χ1n) is 7.84. The van der Waals surface area contributed by atoms with E-state index < -0.39 is 11.9 Å². The van der Waals surface area contributed by atoms with Gasteiger partial charge in [0.25, 0.3) is 0 Å². The zero-order chi connectivity index (χ0) is 17.1. The number of carbonyl (C=O) groups excluding carboxylic acids is 1. The van der Waals surface area contributed by atoms with Crippen LogP contribution in [0.1, 0.15) is 17.8 Å². The predicted molar refractivity (Wildman–Crippen MR) is 93.2 cm³/mol. The molecular weight excluding hydrogens is 326 g/mol. The molecule has 2 heterocycles. The topological polar surface area (TPSA) is 82.5 Å². The fourth-order valence-electron chi connectivity index (χ4n) is 2.79. The number of carboxylic acids is 1. The van der Waals surface area contributed by atoms with Gasteiger partial charge in [0, 0.05) is 29.7 Å². The molecule has 3 rings (SSSR count). The van der Waals surface area contributed by atoms with Gasteiger partial charge in [-0.2, -0.15) is 0 Å². The maximum absolute atomic E-state index is 12.3. The number of hydrogen-bond acceptors (Lipinski definition) is 4. The molecule has 0 saturated carbocycles. The molecule has 0 radical (unpaired) electrons. The number of nitrogens with zero attached hydrogens (tertiary/aromatic N) is 2. The Kier molecular flexibility index (Phi) is 4.80. The summed E-state index contributed by atoms with van der Waals surface area (Å²) in [6.45, 7) is 2.81. The Morgan fingerprint density at radius 2 is 2.08 bits per heavy atom. The number of carboxylic acid groups (broad SMARTS) is 1. The van der Waals surface area contributed by atoms with Crippen molar-refractivity contribution in [2.75, 3.05) is 18.4 Å². The fourth-order valence-corrected chi connectivity index (χ4v) is 3.41. The van der Waals surface area contributed by atoms with Gasteiger partial charge in [-0.1, -0.05) is 12.1 Å². The van der Waals surface area contributed by atoms with Crippen LogP contribution < -0.4 is 5.32 Å². The fraction of sp³-hybridized carbons (Fsp3) is 0.353. The number of nitrogens with one attached hydrogen (secondary N) is 1. The number of aryl methyl sites for hydroxylation is 1. The van der Waals surface area contributed by atoms with Crippen molar-refractivity contribution in [1.82, 2.24) is 9.88 Å². The van der Waals surface area contributed by atoms with Gasteiger partial charge >= 0.3 is 12.0 Å². The van der Waals surface area contributed by atoms with E-state index in [0.717, 1.165) is 16.3 Å². The van der Waals surface area contributed by atoms with E-state index in [9.17, 15) is 9.59 Å². The number of rotatable bonds is 3. The van der Waals surface area contributed by atoms with Crippen LogP contribution in [0.5, 0.6) is 0 Å². The van der Waals surface area contributed by atoms with Gasteiger partial charge < -0.3 is 15.3 Å². The van der Waals surface area contributed by atoms with Crippen LogP contribution in [0.3, 0.4) is 0 Å². The van der Waals surface area contributed by atoms with Crippen molar-refractivity contribution in [1.29, 1.82) is 0 Å². The number of hydrogen-bond donors (Lipinski definition) is 2. The number of aliphatic carboxylic acids is 1. The second kappa shape index (κ2) is 7.00. The monoisotopic (exact) mass is 345 g/mol. The van der Waals surface area contributed by atoms with Crippen LogP contribution in [-0.4, -0.2) is 40.1 Å². The van der Waals surface area contributed by atoms with Crippen LogP contribution in [0.2, 0.25) is 0 Å². The molecule has 2 amide bonds. The molecule has 1 aliphatic rings. The number of anilines is 1. The average Bonchev–Trinajstić information content (AvgIpc) is 3.02. The minimum absolute atomic E-state index is 0.252. The van der Waals surface area contributed by atoms with Crippen LogP contribution in [0, 0.1) is 12.8 Å². The zero-order valence-electron chi connectivity index (χ0n) is 13.4. The Balaban J connectivity index is 1.63. The molecule has 24 heavy (non-hydrogen) atoms. The number of piperidine rings is 1. The van der Waals surface area contributed by atoms with E-state index in [-0.39, 0.29) is 12.6 Å². The van der Waals surface area contributed by atoms with E-state index in [0.29, 0.717) is 25.1 Å². The highest BCUT2D eigenvalue weighted by molar-refractivity contribution is 7.09. The Bertz CT molecular complexity index is 742. The van der Waals surface area contributed by atoms with Crippen LogP contribution in [0.15, 0.2) is 29.6 Å². The Morgan fingerprint density at radius 3 is 2.71 bits per heavy atom. The van der Waals surface area contributed by atoms with E-state index in [1.54, 1.807) is 16.2 Å². The quantitative estimate of drug-likeness (QED) is 0.892. The van der Waals surface area contributed by atoms with Crippen molar-refractivity contribution in [3.05, 3.63) is 34.7 Å². The number of amides is 2. The lowest BCUT2D eigenvalue weighted by Gasteiger charge is -2.30. The number of benzene rings is 1. The van der Waals surface area contributed by atoms with Crippen molar-refractivity contribution < 1.29 is 14.7 Å². The predicted octanol–water partition coefficient (Wildman–Crippen LogP) is 3.45. The van der Waals surface area contributed by atoms with Crippen LogP contribution in [0.4, 0.5) is 10.5 Å². The average molecular weight is 345 g/mol. The van der Waals surface area contributed by atoms with Crippen molar-refractivity contribution in [3.63, 3.8) is 0 Å². The third-order valence-corrected chi connectivity index (χ3v) is 4.88. The first-order valence-corrected chi connectivity index (χ1v) is 8.72. The molecule has 1 saturated heterocycles. The zero-order valence-corrected chi connectivity index (χ0v) is 14.2. The summed E-state index contributed by atoms with van der Waals surface area (Å²) >= 11 is 1.60. The Hall–Kier alpha value is -2.41. The molecule has 126 valence electrons. The molecule has 7 heteroatoms. The summed E-state index contributed by atoms with van der Waals surface area (Å²) in [5.74, 6) is -1.31. The minimum atomic E-state index is -0.838. The maximum Gasteiger partial charge on any atom is 0.321 e. The van der Waals surface area contributed by atoms with Gasteiger partial charge in [-0.3, -0.25) is 4.79 Å². The van der Waals surface area contributed by atoms with E-state index in [4.69, 9.17) is 5.11 Å². The maximum atomic E-state index is 12.3. The van der Waals surface area contributed by atoms with Crippen molar-refractivity contribution in [3.8, 4) is 11.3 Å². The van der Waals surface area contributed by atoms with E-state index in [1.165, 1.54) is 0 Å². The molecule has 0 aliphatic carbocycles. The number of urea groups is 1. The molecule has 1 fully saturated rings. The highest BCUT2D eigenvalue weighted by atomic mass is 32.1. The Morgan fingerprint density at radius 1 is 1.33 bits per heavy atom. The summed E-state index contributed by atoms with van der Waals surface area (Å²) in [6.07, 6.45) is 1.34. The van der Waals surface area contributed by atoms with Crippen LogP contribution in [0.25, 0.3) is 11.3 Å². The number of aromatic nitrogens is 1. The molecule has 1 aromatic carbocycles. The van der Waals surface area contributed by atoms with Gasteiger partial charge in [-0.25, -0.2) is 9.78 Å². The van der Waals surface area contributed by atoms with E-state index >= 15 is 0 Å². The standard InChI is InChI=1S/C17H19N3O3S/c1-11-18-15(10-24-11)12-4-6-14(7-5-12)19-17(23)20-8-2-3-13(9-20)16(21)22/h4-7,10,13H,2-3,8-9H2,1H3,(H,19,23)(H,21,22). The molecule has 1 unspecified atom stereocenters. The largest absolute Gasteiger partial charge is 0.481 e. The lowest BCUT2D eigenvalue weighted by molar-refractivity contribution is -0.143. The van der Waals surface area contributed by atoms with Gasteiger partial charge in [0.15, 0.2) is 0 Å². The van der Waals surface area contributed by atoms with Crippen LogP contribution >= 0.6 is 11.3 Å². The smallest absolute Gasteiger partial charge is 0.321 e. The highest BCUT2D eigenvalue weighted by Gasteiger charge is 2.28. The van der Waals surface area contributed by atoms with Crippen molar-refractivity contribution >= 4 is 29.0 Å². The Labute approximate surface area is 144 Å². The van der Waals surface area contributed by atoms with Gasteiger partial charge in [-0.05, 0) is 31.9 Å². The first kappa shape index (κ1) is 16.4. The second-order valence-electron chi connectivity index (χ2n) is 5.88. The third-order valence-electron chi connectivity index (χ3n) is 4.11. The van der Waals surface area contributed by atoms with Crippen LogP contribution in [-0.2, 0) is 4.79 Å². The number of likely N-dealkylation sites (tertiary alicyclic amines) is 1. The number of thiazole rings is 1. The summed E-state index contributed by atoms with van der Waals surface area (Å²) in [6, 6.07) is 7.25. The summed E-state index contributed by atoms with van der Waals surface area (Å²) < 4.78 is 0. The molecule has 1 aliphatic heterocycles. The lowest BCUT2D eigenvalue weighted by Crippen LogP contribution is -2.44. The van der Waals surface area contributed by atoms with Crippen molar-refractivity contribution in [2.24, 2.45) is 5.92 Å². The van der Waals surface area contributed by atoms with Gasteiger partial charge in [0.05, 0.1) is 16.6 Å². The first-order chi connectivity index (χ1) is 11.5. The third kappa shape index (κ3) is 3.73. The second-order valence-corrected chi connectivity index (χ2v) is 6.94. The summed E-state index contributed by atoms with van der Waals surface area (Å²) in [4.78, 5) is 29.4. The normalized spacial score (nSPS) is 17.5. The highest BCUT2D eigenvalue weighted by Crippen LogP contribution is 2.23. The molecule has 0 spiro atoms. The van der Waals surface area contributed by atoms with E-state index in [1.807, 2.05) is 36.6 Å². The minimum Gasteiger partial charge on any atom is -0.481 e. The van der Waals surface area contributed by atoms with E-state index in [2.05, 4.69) is 10.3 Å². The summed E-state index contributed by atoms with van der Waals surface area (Å²) in [5, 5.41) is 15.0. The summed E-state index contributed by atoms with van der Waals surface area (Å²) in [7, 11) is 0. The molecule has 0 bridgehead atoms. The van der Waals surface area contributed by atoms with Gasteiger partial charge in [0.1, 0.15) is 0 Å². The molecule has 6 nitrogen and oxygen atoms in total. The number of carbonyl (C=O) groups is 2. The summed E-state index contributed by atoms with van der Waals surface area (Å²) in [5.41, 5.74) is 2.62. The molecule has 2 aromatic rings. The van der Waals surface area contributed by atoms with Gasteiger partial charge in [-0.15, -0.1) is 11.3 Å². The molecular formula is C17H19N3O3S. The molecule has 1 atom stereocenters. The van der Waals surface area contributed by atoms with Crippen molar-refractivity contribution in [2.45, 2.75) is 19.8 Å².